The minimum Gasteiger partial charge on any atom is -0.390 e. The first-order valence-corrected chi connectivity index (χ1v) is 14.4. The van der Waals surface area contributed by atoms with Crippen LogP contribution in [0.1, 0.15) is 95.2 Å². The number of carbonyl (C=O) groups is 2. The third-order valence-electron chi connectivity index (χ3n) is 7.90. The minimum atomic E-state index is -1.01. The number of unbranched alkanes of at least 4 members (excludes halogenated alkanes) is 1. The maximum absolute atomic E-state index is 13.9. The van der Waals surface area contributed by atoms with Crippen molar-refractivity contribution >= 4 is 11.8 Å². The van der Waals surface area contributed by atoms with Gasteiger partial charge >= 0.3 is 0 Å². The highest BCUT2D eigenvalue weighted by Gasteiger charge is 2.35. The van der Waals surface area contributed by atoms with Crippen LogP contribution < -0.4 is 16.4 Å². The summed E-state index contributed by atoms with van der Waals surface area (Å²) in [5.41, 5.74) is 7.64. The summed E-state index contributed by atoms with van der Waals surface area (Å²) < 4.78 is 27.8. The molecule has 1 fully saturated rings. The zero-order valence-electron chi connectivity index (χ0n) is 24.1. The fraction of sp³-hybridized carbons (Fsp3) is 0.562. The van der Waals surface area contributed by atoms with Gasteiger partial charge in [-0.25, -0.2) is 8.78 Å². The van der Waals surface area contributed by atoms with Gasteiger partial charge in [0.2, 0.25) is 11.8 Å². The molecule has 2 amide bonds. The molecule has 40 heavy (non-hydrogen) atoms. The van der Waals surface area contributed by atoms with Gasteiger partial charge in [0.15, 0.2) is 0 Å². The number of aliphatic hydroxyl groups excluding tert-OH is 1. The summed E-state index contributed by atoms with van der Waals surface area (Å²) in [6.07, 6.45) is 5.52. The number of hydrogen-bond donors (Lipinski definition) is 4. The molecule has 0 spiro atoms. The first-order valence-electron chi connectivity index (χ1n) is 14.4. The SMILES string of the molecule is CC(C)(C)c1cccc(C2(NCC(O)C(Cc3cc(F)cc(F)c3)NC(=O)CCCCC(N)=O)CCCCC2)c1. The Morgan fingerprint density at radius 3 is 2.27 bits per heavy atom. The van der Waals surface area contributed by atoms with Crippen LogP contribution in [0, 0.1) is 11.6 Å². The number of benzene rings is 2. The van der Waals surface area contributed by atoms with Crippen LogP contribution in [0.4, 0.5) is 8.78 Å². The van der Waals surface area contributed by atoms with Gasteiger partial charge in [0.25, 0.3) is 0 Å². The van der Waals surface area contributed by atoms with E-state index in [1.807, 2.05) is 0 Å². The Balaban J connectivity index is 1.78. The van der Waals surface area contributed by atoms with Gasteiger partial charge in [0, 0.05) is 31.0 Å². The minimum absolute atomic E-state index is 0.00156. The number of hydrogen-bond acceptors (Lipinski definition) is 4. The van der Waals surface area contributed by atoms with Crippen LogP contribution in [0.2, 0.25) is 0 Å². The maximum atomic E-state index is 13.9. The summed E-state index contributed by atoms with van der Waals surface area (Å²) in [5.74, 6) is -2.13. The van der Waals surface area contributed by atoms with Crippen molar-refractivity contribution in [3.05, 3.63) is 70.8 Å². The summed E-state index contributed by atoms with van der Waals surface area (Å²) in [7, 11) is 0. The van der Waals surface area contributed by atoms with E-state index in [1.165, 1.54) is 23.3 Å². The molecule has 2 aromatic carbocycles. The lowest BCUT2D eigenvalue weighted by molar-refractivity contribution is -0.123. The van der Waals surface area contributed by atoms with Crippen LogP contribution in [0.15, 0.2) is 42.5 Å². The number of halogens is 2. The van der Waals surface area contributed by atoms with E-state index in [2.05, 4.69) is 55.7 Å². The number of rotatable bonds is 13. The molecule has 1 aliphatic rings. The number of aliphatic hydroxyl groups is 1. The van der Waals surface area contributed by atoms with Gasteiger partial charge < -0.3 is 21.5 Å². The van der Waals surface area contributed by atoms with Gasteiger partial charge in [0.05, 0.1) is 12.1 Å². The molecule has 2 atom stereocenters. The number of nitrogens with one attached hydrogen (secondary N) is 2. The first-order chi connectivity index (χ1) is 18.9. The van der Waals surface area contributed by atoms with Crippen LogP contribution in [-0.4, -0.2) is 35.6 Å². The van der Waals surface area contributed by atoms with Crippen molar-refractivity contribution < 1.29 is 23.5 Å². The third-order valence-corrected chi connectivity index (χ3v) is 7.90. The Labute approximate surface area is 237 Å². The van der Waals surface area contributed by atoms with E-state index < -0.39 is 29.7 Å². The summed E-state index contributed by atoms with van der Waals surface area (Å²) in [6, 6.07) is 11.1. The van der Waals surface area contributed by atoms with Crippen molar-refractivity contribution in [3.63, 3.8) is 0 Å². The van der Waals surface area contributed by atoms with E-state index in [4.69, 9.17) is 5.73 Å². The first kappa shape index (κ1) is 31.7. The number of nitrogens with two attached hydrogens (primary N) is 1. The van der Waals surface area contributed by atoms with Crippen molar-refractivity contribution in [3.8, 4) is 0 Å². The van der Waals surface area contributed by atoms with E-state index >= 15 is 0 Å². The molecule has 1 aliphatic carbocycles. The van der Waals surface area contributed by atoms with Crippen molar-refractivity contribution in [2.45, 2.75) is 108 Å². The average molecular weight is 558 g/mol. The fourth-order valence-electron chi connectivity index (χ4n) is 5.58. The smallest absolute Gasteiger partial charge is 0.220 e. The summed E-state index contributed by atoms with van der Waals surface area (Å²) in [4.78, 5) is 23.7. The molecular formula is C32H45F2N3O3. The van der Waals surface area contributed by atoms with Crippen molar-refractivity contribution in [1.82, 2.24) is 10.6 Å². The lowest BCUT2D eigenvalue weighted by atomic mass is 9.74. The molecule has 2 aromatic rings. The Morgan fingerprint density at radius 1 is 1.00 bits per heavy atom. The maximum Gasteiger partial charge on any atom is 0.220 e. The second-order valence-corrected chi connectivity index (χ2v) is 12.3. The van der Waals surface area contributed by atoms with Crippen LogP contribution in [0.5, 0.6) is 0 Å². The molecule has 0 aromatic heterocycles. The molecule has 0 heterocycles. The summed E-state index contributed by atoms with van der Waals surface area (Å²) >= 11 is 0. The molecule has 8 heteroatoms. The van der Waals surface area contributed by atoms with Gasteiger partial charge in [-0.15, -0.1) is 0 Å². The Morgan fingerprint density at radius 2 is 1.65 bits per heavy atom. The summed E-state index contributed by atoms with van der Waals surface area (Å²) in [5, 5.41) is 17.9. The van der Waals surface area contributed by atoms with Gasteiger partial charge in [-0.2, -0.15) is 0 Å². The summed E-state index contributed by atoms with van der Waals surface area (Å²) in [6.45, 7) is 6.76. The predicted molar refractivity (Wildman–Crippen MR) is 154 cm³/mol. The lowest BCUT2D eigenvalue weighted by Gasteiger charge is -2.41. The topological polar surface area (TPSA) is 104 Å². The Bertz CT molecular complexity index is 1120. The second kappa shape index (κ2) is 14.2. The predicted octanol–water partition coefficient (Wildman–Crippen LogP) is 5.15. The van der Waals surface area contributed by atoms with Crippen molar-refractivity contribution in [1.29, 1.82) is 0 Å². The third kappa shape index (κ3) is 9.37. The number of amides is 2. The van der Waals surface area contributed by atoms with Crippen LogP contribution >= 0.6 is 0 Å². The van der Waals surface area contributed by atoms with Gasteiger partial charge in [0.1, 0.15) is 11.6 Å². The highest BCUT2D eigenvalue weighted by Crippen LogP contribution is 2.38. The van der Waals surface area contributed by atoms with E-state index in [1.54, 1.807) is 0 Å². The van der Waals surface area contributed by atoms with Gasteiger partial charge in [-0.05, 0) is 66.3 Å². The standard InChI is InChI=1S/C32H45F2N3O3/c1-31(2,3)23-10-9-11-24(19-23)32(14-7-4-8-15-32)36-21-28(38)27(18-22-16-25(33)20-26(34)17-22)37-30(40)13-6-5-12-29(35)39/h9-11,16-17,19-20,27-28,36,38H,4-8,12-15,18,21H2,1-3H3,(H2,35,39)(H,37,40). The molecule has 220 valence electrons. The monoisotopic (exact) mass is 557 g/mol. The van der Waals surface area contributed by atoms with E-state index in [9.17, 15) is 23.5 Å². The zero-order chi connectivity index (χ0) is 29.3. The largest absolute Gasteiger partial charge is 0.390 e. The van der Waals surface area contributed by atoms with Crippen LogP contribution in [0.25, 0.3) is 0 Å². The quantitative estimate of drug-likeness (QED) is 0.256. The molecule has 2 unspecified atom stereocenters. The lowest BCUT2D eigenvalue weighted by Crippen LogP contribution is -2.53. The van der Waals surface area contributed by atoms with E-state index in [0.717, 1.165) is 38.2 Å². The highest BCUT2D eigenvalue weighted by atomic mass is 19.1. The fourth-order valence-corrected chi connectivity index (χ4v) is 5.58. The highest BCUT2D eigenvalue weighted by molar-refractivity contribution is 5.76. The van der Waals surface area contributed by atoms with E-state index in [-0.39, 0.29) is 42.7 Å². The molecule has 0 bridgehead atoms. The van der Waals surface area contributed by atoms with Crippen molar-refractivity contribution in [2.75, 3.05) is 6.54 Å². The zero-order valence-corrected chi connectivity index (χ0v) is 24.1. The molecule has 5 N–H and O–H groups in total. The normalized spacial score (nSPS) is 16.8. The van der Waals surface area contributed by atoms with Gasteiger partial charge in [-0.1, -0.05) is 64.3 Å². The number of primary amides is 1. The van der Waals surface area contributed by atoms with Crippen LogP contribution in [-0.2, 0) is 27.0 Å². The molecule has 1 saturated carbocycles. The number of carbonyl (C=O) groups excluding carboxylic acids is 2. The molecule has 0 saturated heterocycles. The molecular weight excluding hydrogens is 512 g/mol. The average Bonchev–Trinajstić information content (AvgIpc) is 2.89. The van der Waals surface area contributed by atoms with Gasteiger partial charge in [-0.3, -0.25) is 9.59 Å². The molecule has 6 nitrogen and oxygen atoms in total. The second-order valence-electron chi connectivity index (χ2n) is 12.3. The Kier molecular flexibility index (Phi) is 11.2. The Hall–Kier alpha value is -2.84. The van der Waals surface area contributed by atoms with Crippen LogP contribution in [0.3, 0.4) is 0 Å². The molecule has 0 aliphatic heterocycles. The molecule has 0 radical (unpaired) electrons. The molecule has 3 rings (SSSR count). The van der Waals surface area contributed by atoms with E-state index in [0.29, 0.717) is 18.4 Å². The van der Waals surface area contributed by atoms with Crippen molar-refractivity contribution in [2.24, 2.45) is 5.73 Å².